The third-order valence-corrected chi connectivity index (χ3v) is 5.32. The molecule has 8 heteroatoms. The minimum absolute atomic E-state index is 0.110. The average molecular weight is 378 g/mol. The summed E-state index contributed by atoms with van der Waals surface area (Å²) in [4.78, 5) is 14.2. The molecule has 0 unspecified atom stereocenters. The smallest absolute Gasteiger partial charge is 0.253 e. The standard InChI is InChI=1S/C18H22N2O5S/c1-19-26(22,23)15-8-6-14(7-9-15)18(21)20(2)12-13-5-10-16(24-3)17(11-13)25-4/h5-11,19H,12H2,1-4H3. The van der Waals surface area contributed by atoms with Crippen molar-refractivity contribution in [2.75, 3.05) is 28.3 Å². The Kier molecular flexibility index (Phi) is 6.23. The minimum atomic E-state index is -3.52. The second kappa shape index (κ2) is 8.20. The highest BCUT2D eigenvalue weighted by Gasteiger charge is 2.16. The molecule has 0 saturated carbocycles. The lowest BCUT2D eigenvalue weighted by Gasteiger charge is -2.18. The first kappa shape index (κ1) is 19.7. The molecule has 0 atom stereocenters. The quantitative estimate of drug-likeness (QED) is 0.795. The Morgan fingerprint density at radius 3 is 2.19 bits per heavy atom. The second-order valence-corrected chi connectivity index (χ2v) is 7.47. The molecular weight excluding hydrogens is 356 g/mol. The summed E-state index contributed by atoms with van der Waals surface area (Å²) in [7, 11) is 2.61. The van der Waals surface area contributed by atoms with Crippen molar-refractivity contribution in [2.24, 2.45) is 0 Å². The maximum Gasteiger partial charge on any atom is 0.253 e. The molecule has 0 aromatic heterocycles. The predicted octanol–water partition coefficient (Wildman–Crippen LogP) is 1.88. The number of methoxy groups -OCH3 is 2. The van der Waals surface area contributed by atoms with Crippen LogP contribution < -0.4 is 14.2 Å². The number of nitrogens with one attached hydrogen (secondary N) is 1. The number of carbonyl (C=O) groups is 1. The van der Waals surface area contributed by atoms with Crippen LogP contribution in [0.25, 0.3) is 0 Å². The first-order valence-electron chi connectivity index (χ1n) is 7.82. The van der Waals surface area contributed by atoms with Crippen molar-refractivity contribution < 1.29 is 22.7 Å². The third-order valence-electron chi connectivity index (χ3n) is 3.89. The van der Waals surface area contributed by atoms with E-state index >= 15 is 0 Å². The molecule has 2 aromatic rings. The number of nitrogens with zero attached hydrogens (tertiary/aromatic N) is 1. The van der Waals surface area contributed by atoms with Gasteiger partial charge in [-0.15, -0.1) is 0 Å². The van der Waals surface area contributed by atoms with Crippen molar-refractivity contribution >= 4 is 15.9 Å². The zero-order valence-corrected chi connectivity index (χ0v) is 16.0. The number of hydrogen-bond donors (Lipinski definition) is 1. The van der Waals surface area contributed by atoms with Crippen molar-refractivity contribution in [3.63, 3.8) is 0 Å². The van der Waals surface area contributed by atoms with E-state index < -0.39 is 10.0 Å². The molecule has 1 amide bonds. The van der Waals surface area contributed by atoms with E-state index in [4.69, 9.17) is 9.47 Å². The van der Waals surface area contributed by atoms with Crippen LogP contribution in [0.5, 0.6) is 11.5 Å². The largest absolute Gasteiger partial charge is 0.493 e. The van der Waals surface area contributed by atoms with Gasteiger partial charge in [0, 0.05) is 19.2 Å². The van der Waals surface area contributed by atoms with E-state index in [1.54, 1.807) is 32.2 Å². The van der Waals surface area contributed by atoms with Crippen LogP contribution in [0.3, 0.4) is 0 Å². The summed E-state index contributed by atoms with van der Waals surface area (Å²) < 4.78 is 36.2. The van der Waals surface area contributed by atoms with Gasteiger partial charge in [0.2, 0.25) is 10.0 Å². The van der Waals surface area contributed by atoms with Crippen LogP contribution in [0.15, 0.2) is 47.4 Å². The van der Waals surface area contributed by atoms with E-state index in [1.165, 1.54) is 31.3 Å². The summed E-state index contributed by atoms with van der Waals surface area (Å²) in [6.45, 7) is 0.371. The Hall–Kier alpha value is -2.58. The zero-order chi connectivity index (χ0) is 19.3. The monoisotopic (exact) mass is 378 g/mol. The molecule has 0 aliphatic rings. The van der Waals surface area contributed by atoms with Crippen molar-refractivity contribution in [1.82, 2.24) is 9.62 Å². The van der Waals surface area contributed by atoms with Crippen molar-refractivity contribution in [2.45, 2.75) is 11.4 Å². The van der Waals surface area contributed by atoms with Crippen LogP contribution in [0.4, 0.5) is 0 Å². The van der Waals surface area contributed by atoms with Gasteiger partial charge in [0.25, 0.3) is 5.91 Å². The Labute approximate surface area is 153 Å². The van der Waals surface area contributed by atoms with E-state index in [2.05, 4.69) is 4.72 Å². The SMILES string of the molecule is CNS(=O)(=O)c1ccc(C(=O)N(C)Cc2ccc(OC)c(OC)c2)cc1. The first-order chi connectivity index (χ1) is 12.3. The van der Waals surface area contributed by atoms with Gasteiger partial charge in [-0.05, 0) is 49.0 Å². The van der Waals surface area contributed by atoms with Crippen LogP contribution in [-0.4, -0.2) is 47.5 Å². The maximum atomic E-state index is 12.6. The van der Waals surface area contributed by atoms with E-state index in [0.29, 0.717) is 23.6 Å². The molecule has 140 valence electrons. The molecule has 0 aliphatic heterocycles. The summed E-state index contributed by atoms with van der Waals surface area (Å²) in [5.41, 5.74) is 1.29. The number of rotatable bonds is 7. The molecule has 0 aliphatic carbocycles. The number of carbonyl (C=O) groups excluding carboxylic acids is 1. The molecule has 26 heavy (non-hydrogen) atoms. The number of ether oxygens (including phenoxy) is 2. The Balaban J connectivity index is 2.15. The topological polar surface area (TPSA) is 84.9 Å². The van der Waals surface area contributed by atoms with Crippen molar-refractivity contribution in [1.29, 1.82) is 0 Å². The molecule has 2 aromatic carbocycles. The molecule has 0 saturated heterocycles. The fourth-order valence-electron chi connectivity index (χ4n) is 2.44. The minimum Gasteiger partial charge on any atom is -0.493 e. The van der Waals surface area contributed by atoms with Crippen molar-refractivity contribution in [3.8, 4) is 11.5 Å². The summed E-state index contributed by atoms with van der Waals surface area (Å²) in [5.74, 6) is 0.993. The highest BCUT2D eigenvalue weighted by atomic mass is 32.2. The van der Waals surface area contributed by atoms with E-state index in [-0.39, 0.29) is 10.8 Å². The molecule has 1 N–H and O–H groups in total. The fourth-order valence-corrected chi connectivity index (χ4v) is 3.17. The first-order valence-corrected chi connectivity index (χ1v) is 9.30. The summed E-state index contributed by atoms with van der Waals surface area (Å²) >= 11 is 0. The van der Waals surface area contributed by atoms with E-state index in [1.807, 2.05) is 12.1 Å². The average Bonchev–Trinajstić information content (AvgIpc) is 2.67. The summed E-state index contributed by atoms with van der Waals surface area (Å²) in [6, 6.07) is 11.3. The molecule has 2 rings (SSSR count). The van der Waals surface area contributed by atoms with Gasteiger partial charge in [-0.2, -0.15) is 0 Å². The summed E-state index contributed by atoms with van der Waals surface area (Å²) in [6.07, 6.45) is 0. The van der Waals surface area contributed by atoms with Gasteiger partial charge in [-0.3, -0.25) is 4.79 Å². The number of sulfonamides is 1. The molecule has 0 bridgehead atoms. The van der Waals surface area contributed by atoms with Crippen LogP contribution in [0.2, 0.25) is 0 Å². The molecular formula is C18H22N2O5S. The number of amides is 1. The zero-order valence-electron chi connectivity index (χ0n) is 15.1. The third kappa shape index (κ3) is 4.33. The Morgan fingerprint density at radius 1 is 1.04 bits per heavy atom. The lowest BCUT2D eigenvalue weighted by atomic mass is 10.1. The lowest BCUT2D eigenvalue weighted by Crippen LogP contribution is -2.26. The summed E-state index contributed by atoms with van der Waals surface area (Å²) in [5, 5.41) is 0. The second-order valence-electron chi connectivity index (χ2n) is 5.58. The van der Waals surface area contributed by atoms with Gasteiger partial charge in [-0.1, -0.05) is 6.07 Å². The predicted molar refractivity (Wildman–Crippen MR) is 98.0 cm³/mol. The number of benzene rings is 2. The van der Waals surface area contributed by atoms with Gasteiger partial charge in [-0.25, -0.2) is 13.1 Å². The van der Waals surface area contributed by atoms with E-state index in [0.717, 1.165) is 5.56 Å². The Morgan fingerprint density at radius 2 is 1.65 bits per heavy atom. The van der Waals surface area contributed by atoms with Crippen LogP contribution >= 0.6 is 0 Å². The van der Waals surface area contributed by atoms with Crippen molar-refractivity contribution in [3.05, 3.63) is 53.6 Å². The molecule has 7 nitrogen and oxygen atoms in total. The maximum absolute atomic E-state index is 12.6. The number of hydrogen-bond acceptors (Lipinski definition) is 5. The van der Waals surface area contributed by atoms with Gasteiger partial charge < -0.3 is 14.4 Å². The normalized spacial score (nSPS) is 11.1. The van der Waals surface area contributed by atoms with Gasteiger partial charge in [0.15, 0.2) is 11.5 Å². The fraction of sp³-hybridized carbons (Fsp3) is 0.278. The van der Waals surface area contributed by atoms with Crippen LogP contribution in [0.1, 0.15) is 15.9 Å². The molecule has 0 heterocycles. The van der Waals surface area contributed by atoms with Gasteiger partial charge >= 0.3 is 0 Å². The van der Waals surface area contributed by atoms with E-state index in [9.17, 15) is 13.2 Å². The molecule has 0 spiro atoms. The molecule has 0 fully saturated rings. The van der Waals surface area contributed by atoms with Crippen LogP contribution in [-0.2, 0) is 16.6 Å². The molecule has 0 radical (unpaired) electrons. The van der Waals surface area contributed by atoms with Crippen LogP contribution in [0, 0.1) is 0 Å². The highest BCUT2D eigenvalue weighted by Crippen LogP contribution is 2.28. The lowest BCUT2D eigenvalue weighted by molar-refractivity contribution is 0.0785. The van der Waals surface area contributed by atoms with Gasteiger partial charge in [0.1, 0.15) is 0 Å². The Bertz CT molecular complexity index is 879. The van der Waals surface area contributed by atoms with Gasteiger partial charge in [0.05, 0.1) is 19.1 Å². The highest BCUT2D eigenvalue weighted by molar-refractivity contribution is 7.89.